The summed E-state index contributed by atoms with van der Waals surface area (Å²) >= 11 is 0. The number of nitrogens with zero attached hydrogens (tertiary/aromatic N) is 2. The van der Waals surface area contributed by atoms with Crippen molar-refractivity contribution in [3.8, 4) is 5.69 Å². The molecule has 0 aliphatic carbocycles. The molecule has 0 bridgehead atoms. The van der Waals surface area contributed by atoms with E-state index >= 15 is 0 Å². The van der Waals surface area contributed by atoms with Crippen molar-refractivity contribution in [3.05, 3.63) is 59.3 Å². The van der Waals surface area contributed by atoms with Crippen molar-refractivity contribution >= 4 is 16.8 Å². The number of carbonyl (C=O) groups excluding carboxylic acids is 1. The number of nitrogens with one attached hydrogen (secondary N) is 1. The molecule has 2 heterocycles. The van der Waals surface area contributed by atoms with Gasteiger partial charge in [-0.25, -0.2) is 9.07 Å². The number of piperidine rings is 1. The maximum Gasteiger partial charge on any atom is 0.250 e. The van der Waals surface area contributed by atoms with Gasteiger partial charge in [-0.15, -0.1) is 0 Å². The zero-order chi connectivity index (χ0) is 19.2. The number of rotatable bonds is 3. The predicted octanol–water partition coefficient (Wildman–Crippen LogP) is 2.87. The maximum absolute atomic E-state index is 14.8. The summed E-state index contributed by atoms with van der Waals surface area (Å²) in [4.78, 5) is 11.5. The van der Waals surface area contributed by atoms with Crippen LogP contribution >= 0.6 is 0 Å². The molecule has 0 radical (unpaired) electrons. The highest BCUT2D eigenvalue weighted by atomic mass is 19.1. The highest BCUT2D eigenvalue weighted by Crippen LogP contribution is 2.28. The summed E-state index contributed by atoms with van der Waals surface area (Å²) in [6, 6.07) is 8.70. The SMILES string of the molecule is [2H][C@]1(c2ccc(-n3nc4c(C(N)=O)cccc4c3F)c(F)c2)CCCNC1. The minimum atomic E-state index is -0.913. The van der Waals surface area contributed by atoms with Crippen LogP contribution in [-0.4, -0.2) is 28.8 Å². The molecule has 7 heteroatoms. The van der Waals surface area contributed by atoms with Gasteiger partial charge in [0, 0.05) is 7.92 Å². The van der Waals surface area contributed by atoms with Gasteiger partial charge in [0.15, 0.2) is 0 Å². The predicted molar refractivity (Wildman–Crippen MR) is 94.3 cm³/mol. The molecule has 1 aliphatic rings. The number of hydrogen-bond donors (Lipinski definition) is 2. The summed E-state index contributed by atoms with van der Waals surface area (Å²) in [6.07, 6.45) is 1.46. The third-order valence-corrected chi connectivity index (χ3v) is 4.66. The van der Waals surface area contributed by atoms with Gasteiger partial charge in [-0.3, -0.25) is 4.79 Å². The van der Waals surface area contributed by atoms with Crippen molar-refractivity contribution in [1.29, 1.82) is 0 Å². The van der Waals surface area contributed by atoms with Crippen LogP contribution in [0, 0.1) is 11.8 Å². The molecule has 0 spiro atoms. The molecule has 0 saturated carbocycles. The van der Waals surface area contributed by atoms with E-state index in [0.29, 0.717) is 18.5 Å². The van der Waals surface area contributed by atoms with Crippen LogP contribution in [-0.2, 0) is 0 Å². The fourth-order valence-corrected chi connectivity index (χ4v) is 3.33. The van der Waals surface area contributed by atoms with Crippen LogP contribution in [0.2, 0.25) is 0 Å². The van der Waals surface area contributed by atoms with E-state index in [4.69, 9.17) is 7.10 Å². The van der Waals surface area contributed by atoms with E-state index in [-0.39, 0.29) is 22.2 Å². The van der Waals surface area contributed by atoms with E-state index in [1.807, 2.05) is 0 Å². The van der Waals surface area contributed by atoms with Crippen LogP contribution in [0.1, 0.15) is 36.0 Å². The van der Waals surface area contributed by atoms with Gasteiger partial charge in [-0.2, -0.15) is 9.49 Å². The van der Waals surface area contributed by atoms with E-state index in [1.165, 1.54) is 30.3 Å². The topological polar surface area (TPSA) is 72.9 Å². The first-order chi connectivity index (χ1) is 12.9. The summed E-state index contributed by atoms with van der Waals surface area (Å²) in [5.74, 6) is -3.11. The Morgan fingerprint density at radius 3 is 2.88 bits per heavy atom. The molecular formula is C19H18F2N4O. The Bertz CT molecular complexity index is 1040. The van der Waals surface area contributed by atoms with Crippen molar-refractivity contribution in [2.75, 3.05) is 13.1 Å². The average Bonchev–Trinajstić information content (AvgIpc) is 2.99. The van der Waals surface area contributed by atoms with Crippen molar-refractivity contribution in [1.82, 2.24) is 15.1 Å². The summed E-state index contributed by atoms with van der Waals surface area (Å²) in [5, 5.41) is 7.30. The second kappa shape index (κ2) is 6.49. The fraction of sp³-hybridized carbons (Fsp3) is 0.263. The Labute approximate surface area is 150 Å². The van der Waals surface area contributed by atoms with Crippen LogP contribution in [0.3, 0.4) is 0 Å². The Kier molecular flexibility index (Phi) is 3.86. The molecule has 1 aromatic heterocycles. The van der Waals surface area contributed by atoms with Crippen LogP contribution in [0.5, 0.6) is 0 Å². The quantitative estimate of drug-likeness (QED) is 0.757. The average molecular weight is 357 g/mol. The van der Waals surface area contributed by atoms with Crippen LogP contribution in [0.4, 0.5) is 8.78 Å². The van der Waals surface area contributed by atoms with Crippen LogP contribution in [0.15, 0.2) is 36.4 Å². The minimum absolute atomic E-state index is 0.0700. The number of benzene rings is 2. The van der Waals surface area contributed by atoms with Crippen molar-refractivity contribution in [3.63, 3.8) is 0 Å². The number of carbonyl (C=O) groups is 1. The lowest BCUT2D eigenvalue weighted by molar-refractivity contribution is 0.100. The maximum atomic E-state index is 14.8. The smallest absolute Gasteiger partial charge is 0.250 e. The van der Waals surface area contributed by atoms with Gasteiger partial charge in [0.05, 0.1) is 10.9 Å². The van der Waals surface area contributed by atoms with Gasteiger partial charge >= 0.3 is 0 Å². The molecule has 134 valence electrons. The Morgan fingerprint density at radius 1 is 1.35 bits per heavy atom. The molecule has 2 aromatic carbocycles. The van der Waals surface area contributed by atoms with E-state index < -0.39 is 23.6 Å². The number of halogens is 2. The largest absolute Gasteiger partial charge is 0.366 e. The highest BCUT2D eigenvalue weighted by molar-refractivity contribution is 6.04. The number of fused-ring (bicyclic) bond motifs is 1. The van der Waals surface area contributed by atoms with Crippen molar-refractivity contribution in [2.45, 2.75) is 18.7 Å². The van der Waals surface area contributed by atoms with Gasteiger partial charge in [0.25, 0.3) is 5.91 Å². The molecule has 4 rings (SSSR count). The Balaban J connectivity index is 1.81. The molecule has 0 unspecified atom stereocenters. The van der Waals surface area contributed by atoms with Gasteiger partial charge in [0.1, 0.15) is 17.0 Å². The molecule has 1 atom stereocenters. The van der Waals surface area contributed by atoms with E-state index in [0.717, 1.165) is 17.6 Å². The fourth-order valence-electron chi connectivity index (χ4n) is 3.33. The standard InChI is InChI=1S/C19H18F2N4O/c20-15-9-11(12-3-2-8-23-10-12)6-7-16(15)25-18(21)13-4-1-5-14(19(22)26)17(13)24-25/h1,4-7,9,12,23H,2-3,8,10H2,(H2,22,26)/t12-/m0/s1/i12D. The summed E-state index contributed by atoms with van der Waals surface area (Å²) in [7, 11) is 0. The summed E-state index contributed by atoms with van der Waals surface area (Å²) < 4.78 is 39.0. The zero-order valence-electron chi connectivity index (χ0n) is 14.9. The monoisotopic (exact) mass is 357 g/mol. The number of nitrogens with two attached hydrogens (primary N) is 1. The van der Waals surface area contributed by atoms with Gasteiger partial charge in [0.2, 0.25) is 5.95 Å². The second-order valence-electron chi connectivity index (χ2n) is 6.32. The molecule has 1 fully saturated rings. The number of amides is 1. The van der Waals surface area contributed by atoms with Gasteiger partial charge < -0.3 is 11.1 Å². The second-order valence-corrected chi connectivity index (χ2v) is 6.32. The van der Waals surface area contributed by atoms with Crippen LogP contribution in [0.25, 0.3) is 16.6 Å². The lowest BCUT2D eigenvalue weighted by Crippen LogP contribution is -2.28. The summed E-state index contributed by atoms with van der Waals surface area (Å²) in [6.45, 7) is 1.28. The van der Waals surface area contributed by atoms with Crippen molar-refractivity contribution in [2.24, 2.45) is 5.73 Å². The van der Waals surface area contributed by atoms with E-state index in [1.54, 1.807) is 6.07 Å². The molecule has 5 nitrogen and oxygen atoms in total. The van der Waals surface area contributed by atoms with E-state index in [9.17, 15) is 13.6 Å². The lowest BCUT2D eigenvalue weighted by Gasteiger charge is -2.23. The number of aromatic nitrogens is 2. The van der Waals surface area contributed by atoms with E-state index in [2.05, 4.69) is 10.4 Å². The third-order valence-electron chi connectivity index (χ3n) is 4.66. The van der Waals surface area contributed by atoms with Crippen LogP contribution < -0.4 is 11.1 Å². The number of primary amides is 1. The molecule has 26 heavy (non-hydrogen) atoms. The Morgan fingerprint density at radius 2 is 2.19 bits per heavy atom. The van der Waals surface area contributed by atoms with Crippen molar-refractivity contribution < 1.29 is 14.9 Å². The van der Waals surface area contributed by atoms with Gasteiger partial charge in [-0.05, 0) is 55.1 Å². The number of hydrogen-bond acceptors (Lipinski definition) is 3. The third kappa shape index (κ3) is 2.74. The Hall–Kier alpha value is -2.80. The summed E-state index contributed by atoms with van der Waals surface area (Å²) in [5.41, 5.74) is 5.91. The normalized spacial score (nSPS) is 20.9. The minimum Gasteiger partial charge on any atom is -0.366 e. The first-order valence-corrected chi connectivity index (χ1v) is 8.39. The molecule has 1 aliphatic heterocycles. The highest BCUT2D eigenvalue weighted by Gasteiger charge is 2.21. The molecule has 3 aromatic rings. The first-order valence-electron chi connectivity index (χ1n) is 8.89. The zero-order valence-corrected chi connectivity index (χ0v) is 13.9. The first kappa shape index (κ1) is 15.5. The molecule has 1 saturated heterocycles. The molecular weight excluding hydrogens is 338 g/mol. The lowest BCUT2D eigenvalue weighted by atomic mass is 9.91. The van der Waals surface area contributed by atoms with Gasteiger partial charge in [-0.1, -0.05) is 12.1 Å². The molecule has 3 N–H and O–H groups in total. The molecule has 1 amide bonds.